The lowest BCUT2D eigenvalue weighted by atomic mass is 9.96. The van der Waals surface area contributed by atoms with E-state index in [0.29, 0.717) is 0 Å². The molecule has 82 valence electrons. The van der Waals surface area contributed by atoms with Gasteiger partial charge >= 0.3 is 0 Å². The molecule has 0 saturated carbocycles. The highest BCUT2D eigenvalue weighted by Gasteiger charge is 2.39. The second-order valence-corrected chi connectivity index (χ2v) is 5.02. The van der Waals surface area contributed by atoms with Crippen LogP contribution in [0.5, 0.6) is 0 Å². The fourth-order valence-electron chi connectivity index (χ4n) is 1.96. The lowest BCUT2D eigenvalue weighted by Crippen LogP contribution is -2.61. The standard InChI is InChI=1S/C11H15BrN2O/c1-3-15-11(2)7-14(8-11)10-4-9(12)5-13-6-10/h4-6H,3,7-8H2,1-2H3. The third kappa shape index (κ3) is 2.32. The monoisotopic (exact) mass is 270 g/mol. The Labute approximate surface area is 98.6 Å². The average Bonchev–Trinajstić information content (AvgIpc) is 2.14. The molecule has 0 amide bonds. The van der Waals surface area contributed by atoms with Gasteiger partial charge in [0, 0.05) is 30.4 Å². The molecule has 1 aliphatic heterocycles. The van der Waals surface area contributed by atoms with E-state index in [-0.39, 0.29) is 5.60 Å². The predicted molar refractivity (Wildman–Crippen MR) is 64.2 cm³/mol. The van der Waals surface area contributed by atoms with Crippen LogP contribution in [-0.4, -0.2) is 30.3 Å². The minimum absolute atomic E-state index is 0.0249. The van der Waals surface area contributed by atoms with Crippen LogP contribution in [0.25, 0.3) is 0 Å². The molecule has 0 spiro atoms. The molecule has 1 fully saturated rings. The molecule has 2 heterocycles. The van der Waals surface area contributed by atoms with Crippen LogP contribution in [0.15, 0.2) is 22.9 Å². The Morgan fingerprint density at radius 2 is 2.27 bits per heavy atom. The van der Waals surface area contributed by atoms with Crippen molar-refractivity contribution < 1.29 is 4.74 Å². The predicted octanol–water partition coefficient (Wildman–Crippen LogP) is 2.46. The number of rotatable bonds is 3. The van der Waals surface area contributed by atoms with E-state index in [1.165, 1.54) is 0 Å². The van der Waals surface area contributed by atoms with Gasteiger partial charge < -0.3 is 9.64 Å². The maximum atomic E-state index is 5.67. The largest absolute Gasteiger partial charge is 0.372 e. The number of pyridine rings is 1. The van der Waals surface area contributed by atoms with Crippen molar-refractivity contribution in [2.24, 2.45) is 0 Å². The van der Waals surface area contributed by atoms with Crippen LogP contribution in [0.3, 0.4) is 0 Å². The first kappa shape index (κ1) is 10.9. The van der Waals surface area contributed by atoms with Gasteiger partial charge in [-0.25, -0.2) is 0 Å². The van der Waals surface area contributed by atoms with Gasteiger partial charge in [-0.3, -0.25) is 4.98 Å². The number of aromatic nitrogens is 1. The third-order valence-electron chi connectivity index (χ3n) is 2.60. The highest BCUT2D eigenvalue weighted by atomic mass is 79.9. The van der Waals surface area contributed by atoms with Crippen molar-refractivity contribution in [1.82, 2.24) is 4.98 Å². The first-order chi connectivity index (χ1) is 7.13. The lowest BCUT2D eigenvalue weighted by Gasteiger charge is -2.48. The maximum absolute atomic E-state index is 5.67. The fourth-order valence-corrected chi connectivity index (χ4v) is 2.31. The second-order valence-electron chi connectivity index (χ2n) is 4.10. The van der Waals surface area contributed by atoms with Crippen LogP contribution in [0.1, 0.15) is 13.8 Å². The lowest BCUT2D eigenvalue weighted by molar-refractivity contribution is -0.0445. The minimum Gasteiger partial charge on any atom is -0.372 e. The van der Waals surface area contributed by atoms with E-state index in [9.17, 15) is 0 Å². The summed E-state index contributed by atoms with van der Waals surface area (Å²) in [7, 11) is 0. The summed E-state index contributed by atoms with van der Waals surface area (Å²) in [6.45, 7) is 6.85. The van der Waals surface area contributed by atoms with E-state index >= 15 is 0 Å². The molecule has 0 radical (unpaired) electrons. The third-order valence-corrected chi connectivity index (χ3v) is 3.03. The highest BCUT2D eigenvalue weighted by molar-refractivity contribution is 9.10. The topological polar surface area (TPSA) is 25.4 Å². The molecule has 15 heavy (non-hydrogen) atoms. The van der Waals surface area contributed by atoms with Gasteiger partial charge in [-0.2, -0.15) is 0 Å². The Morgan fingerprint density at radius 1 is 1.53 bits per heavy atom. The van der Waals surface area contributed by atoms with Crippen molar-refractivity contribution in [2.45, 2.75) is 19.4 Å². The first-order valence-corrected chi connectivity index (χ1v) is 5.92. The average molecular weight is 271 g/mol. The van der Waals surface area contributed by atoms with Crippen LogP contribution in [0.2, 0.25) is 0 Å². The van der Waals surface area contributed by atoms with Crippen molar-refractivity contribution >= 4 is 21.6 Å². The Morgan fingerprint density at radius 3 is 2.87 bits per heavy atom. The highest BCUT2D eigenvalue weighted by Crippen LogP contribution is 2.30. The van der Waals surface area contributed by atoms with Crippen molar-refractivity contribution in [3.8, 4) is 0 Å². The molecule has 0 aliphatic carbocycles. The molecule has 0 unspecified atom stereocenters. The molecule has 4 heteroatoms. The Bertz CT molecular complexity index is 350. The molecule has 1 aliphatic rings. The summed E-state index contributed by atoms with van der Waals surface area (Å²) in [5, 5.41) is 0. The van der Waals surface area contributed by atoms with Crippen LogP contribution in [0, 0.1) is 0 Å². The van der Waals surface area contributed by atoms with Gasteiger partial charge in [0.2, 0.25) is 0 Å². The van der Waals surface area contributed by atoms with Crippen LogP contribution in [-0.2, 0) is 4.74 Å². The van der Waals surface area contributed by atoms with Crippen LogP contribution >= 0.6 is 15.9 Å². The number of hydrogen-bond donors (Lipinski definition) is 0. The Kier molecular flexibility index (Phi) is 2.98. The van der Waals surface area contributed by atoms with Gasteiger partial charge in [-0.15, -0.1) is 0 Å². The molecule has 0 bridgehead atoms. The first-order valence-electron chi connectivity index (χ1n) is 5.12. The number of halogens is 1. The van der Waals surface area contributed by atoms with E-state index in [2.05, 4.69) is 38.8 Å². The van der Waals surface area contributed by atoms with Crippen molar-refractivity contribution in [1.29, 1.82) is 0 Å². The van der Waals surface area contributed by atoms with Crippen molar-refractivity contribution in [2.75, 3.05) is 24.6 Å². The molecule has 0 atom stereocenters. The summed E-state index contributed by atoms with van der Waals surface area (Å²) < 4.78 is 6.69. The quantitative estimate of drug-likeness (QED) is 0.844. The summed E-state index contributed by atoms with van der Waals surface area (Å²) in [6, 6.07) is 2.08. The van der Waals surface area contributed by atoms with E-state index in [4.69, 9.17) is 4.74 Å². The van der Waals surface area contributed by atoms with Gasteiger partial charge in [-0.05, 0) is 35.8 Å². The fraction of sp³-hybridized carbons (Fsp3) is 0.545. The summed E-state index contributed by atoms with van der Waals surface area (Å²) in [4.78, 5) is 6.42. The van der Waals surface area contributed by atoms with Crippen molar-refractivity contribution in [3.05, 3.63) is 22.9 Å². The normalized spacial score (nSPS) is 18.7. The van der Waals surface area contributed by atoms with Crippen molar-refractivity contribution in [3.63, 3.8) is 0 Å². The van der Waals surface area contributed by atoms with E-state index in [1.807, 2.05) is 13.1 Å². The molecule has 1 aromatic heterocycles. The van der Waals surface area contributed by atoms with Gasteiger partial charge in [0.15, 0.2) is 0 Å². The maximum Gasteiger partial charge on any atom is 0.100 e. The molecule has 1 aromatic rings. The van der Waals surface area contributed by atoms with Crippen LogP contribution in [0.4, 0.5) is 5.69 Å². The van der Waals surface area contributed by atoms with Crippen LogP contribution < -0.4 is 4.90 Å². The second kappa shape index (κ2) is 4.10. The number of ether oxygens (including phenoxy) is 1. The van der Waals surface area contributed by atoms with E-state index < -0.39 is 0 Å². The van der Waals surface area contributed by atoms with E-state index in [0.717, 1.165) is 29.9 Å². The number of anilines is 1. The van der Waals surface area contributed by atoms with Gasteiger partial charge in [0.1, 0.15) is 5.60 Å². The number of hydrogen-bond acceptors (Lipinski definition) is 3. The SMILES string of the molecule is CCOC1(C)CN(c2cncc(Br)c2)C1. The molecule has 2 rings (SSSR count). The molecular weight excluding hydrogens is 256 g/mol. The number of nitrogens with zero attached hydrogens (tertiary/aromatic N) is 2. The summed E-state index contributed by atoms with van der Waals surface area (Å²) in [5.41, 5.74) is 1.18. The van der Waals surface area contributed by atoms with Gasteiger partial charge in [0.25, 0.3) is 0 Å². The minimum atomic E-state index is 0.0249. The zero-order chi connectivity index (χ0) is 10.9. The smallest absolute Gasteiger partial charge is 0.100 e. The molecule has 3 nitrogen and oxygen atoms in total. The summed E-state index contributed by atoms with van der Waals surface area (Å²) in [5.74, 6) is 0. The van der Waals surface area contributed by atoms with E-state index in [1.54, 1.807) is 6.20 Å². The molecular formula is C11H15BrN2O. The zero-order valence-electron chi connectivity index (χ0n) is 9.03. The molecule has 1 saturated heterocycles. The molecule has 0 aromatic carbocycles. The molecule has 0 N–H and O–H groups in total. The Hall–Kier alpha value is -0.610. The zero-order valence-corrected chi connectivity index (χ0v) is 10.6. The summed E-state index contributed by atoms with van der Waals surface area (Å²) in [6.07, 6.45) is 3.68. The van der Waals surface area contributed by atoms with Gasteiger partial charge in [-0.1, -0.05) is 0 Å². The summed E-state index contributed by atoms with van der Waals surface area (Å²) >= 11 is 3.42. The Balaban J connectivity index is 2.00. The van der Waals surface area contributed by atoms with Gasteiger partial charge in [0.05, 0.1) is 11.9 Å².